The van der Waals surface area contributed by atoms with Crippen molar-refractivity contribution in [1.29, 1.82) is 0 Å². The van der Waals surface area contributed by atoms with Gasteiger partial charge in [0.2, 0.25) is 0 Å². The van der Waals surface area contributed by atoms with Crippen molar-refractivity contribution in [2.24, 2.45) is 0 Å². The molecule has 0 aliphatic rings. The topological polar surface area (TPSA) is 78.9 Å². The molecular weight excluding hydrogens is 877 g/mol. The standard InChI is InChI=1S/C65H122O6/c1-4-7-10-13-16-19-21-22-23-24-25-26-27-28-29-30-31-32-33-34-35-36-37-38-39-40-41-42-44-46-49-52-55-58-64(67)70-61-62(60-69-63(66)57-54-51-48-45-18-15-12-9-6-3)71-65(68)59-56-53-50-47-43-20-17-14-11-8-5-2/h14,17,24-25,62H,4-13,15-16,18-23,26-61H2,1-3H3/b17-14-,25-24-. The van der Waals surface area contributed by atoms with Gasteiger partial charge in [0.1, 0.15) is 13.2 Å². The molecule has 71 heavy (non-hydrogen) atoms. The average Bonchev–Trinajstić information content (AvgIpc) is 3.37. The lowest BCUT2D eigenvalue weighted by molar-refractivity contribution is -0.167. The van der Waals surface area contributed by atoms with Crippen molar-refractivity contribution in [2.75, 3.05) is 13.2 Å². The number of esters is 3. The summed E-state index contributed by atoms with van der Waals surface area (Å²) in [6.07, 6.45) is 72.3. The fourth-order valence-electron chi connectivity index (χ4n) is 9.60. The van der Waals surface area contributed by atoms with Crippen LogP contribution in [0.15, 0.2) is 24.3 Å². The summed E-state index contributed by atoms with van der Waals surface area (Å²) >= 11 is 0. The van der Waals surface area contributed by atoms with E-state index in [0.29, 0.717) is 19.3 Å². The Bertz CT molecular complexity index is 1150. The molecule has 0 aromatic carbocycles. The lowest BCUT2D eigenvalue weighted by Crippen LogP contribution is -2.30. The van der Waals surface area contributed by atoms with Crippen LogP contribution in [-0.4, -0.2) is 37.2 Å². The summed E-state index contributed by atoms with van der Waals surface area (Å²) in [4.78, 5) is 38.0. The second-order valence-electron chi connectivity index (χ2n) is 21.7. The van der Waals surface area contributed by atoms with Gasteiger partial charge in [0.15, 0.2) is 6.10 Å². The minimum atomic E-state index is -0.769. The maximum absolute atomic E-state index is 12.8. The van der Waals surface area contributed by atoms with Crippen LogP contribution in [0.4, 0.5) is 0 Å². The largest absolute Gasteiger partial charge is 0.462 e. The first-order valence-corrected chi connectivity index (χ1v) is 31.8. The van der Waals surface area contributed by atoms with Crippen LogP contribution in [0.3, 0.4) is 0 Å². The molecule has 0 amide bonds. The molecule has 6 nitrogen and oxygen atoms in total. The smallest absolute Gasteiger partial charge is 0.306 e. The van der Waals surface area contributed by atoms with Crippen molar-refractivity contribution in [3.63, 3.8) is 0 Å². The van der Waals surface area contributed by atoms with Crippen molar-refractivity contribution >= 4 is 17.9 Å². The van der Waals surface area contributed by atoms with E-state index < -0.39 is 6.10 Å². The SMILES string of the molecule is CCCC/C=C\CCCCCCCC(=O)OC(COC(=O)CCCCCCCCCCC)COC(=O)CCCCCCCCCCCCCCCCCCCCCCC/C=C\CCCCCCCCCC. The summed E-state index contributed by atoms with van der Waals surface area (Å²) in [5.41, 5.74) is 0. The molecule has 0 N–H and O–H groups in total. The van der Waals surface area contributed by atoms with Gasteiger partial charge in [0, 0.05) is 19.3 Å². The number of allylic oxidation sites excluding steroid dienone is 4. The summed E-state index contributed by atoms with van der Waals surface area (Å²) in [5, 5.41) is 0. The van der Waals surface area contributed by atoms with E-state index in [1.54, 1.807) is 0 Å². The maximum atomic E-state index is 12.8. The predicted molar refractivity (Wildman–Crippen MR) is 307 cm³/mol. The molecule has 0 fully saturated rings. The molecule has 0 spiro atoms. The summed E-state index contributed by atoms with van der Waals surface area (Å²) in [5.74, 6) is -0.863. The zero-order chi connectivity index (χ0) is 51.4. The first kappa shape index (κ1) is 68.9. The molecule has 0 bridgehead atoms. The lowest BCUT2D eigenvalue weighted by Gasteiger charge is -2.18. The summed E-state index contributed by atoms with van der Waals surface area (Å²) in [6, 6.07) is 0. The van der Waals surface area contributed by atoms with Gasteiger partial charge >= 0.3 is 17.9 Å². The molecule has 0 aliphatic heterocycles. The predicted octanol–water partition coefficient (Wildman–Crippen LogP) is 21.4. The van der Waals surface area contributed by atoms with Gasteiger partial charge in [0.25, 0.3) is 0 Å². The maximum Gasteiger partial charge on any atom is 0.306 e. The van der Waals surface area contributed by atoms with E-state index in [-0.39, 0.29) is 31.1 Å². The highest BCUT2D eigenvalue weighted by Crippen LogP contribution is 2.18. The van der Waals surface area contributed by atoms with Crippen LogP contribution in [0.25, 0.3) is 0 Å². The van der Waals surface area contributed by atoms with Gasteiger partial charge in [0.05, 0.1) is 0 Å². The molecular formula is C65H122O6. The zero-order valence-electron chi connectivity index (χ0n) is 48.0. The highest BCUT2D eigenvalue weighted by molar-refractivity contribution is 5.71. The molecule has 0 aromatic rings. The van der Waals surface area contributed by atoms with E-state index in [4.69, 9.17) is 14.2 Å². The molecule has 0 saturated carbocycles. The first-order valence-electron chi connectivity index (χ1n) is 31.8. The molecule has 1 unspecified atom stereocenters. The molecule has 6 heteroatoms. The summed E-state index contributed by atoms with van der Waals surface area (Å²) in [6.45, 7) is 6.62. The molecule has 0 rings (SSSR count). The Labute approximate surface area is 443 Å². The van der Waals surface area contributed by atoms with Crippen LogP contribution in [-0.2, 0) is 28.6 Å². The first-order chi connectivity index (χ1) is 35.0. The van der Waals surface area contributed by atoms with E-state index in [2.05, 4.69) is 45.1 Å². The van der Waals surface area contributed by atoms with Crippen molar-refractivity contribution in [2.45, 2.75) is 361 Å². The third-order valence-electron chi connectivity index (χ3n) is 14.4. The Kier molecular flexibility index (Phi) is 58.6. The van der Waals surface area contributed by atoms with Gasteiger partial charge in [-0.05, 0) is 64.2 Å². The normalized spacial score (nSPS) is 12.1. The van der Waals surface area contributed by atoms with Gasteiger partial charge in [-0.1, -0.05) is 295 Å². The molecule has 0 heterocycles. The highest BCUT2D eigenvalue weighted by atomic mass is 16.6. The quantitative estimate of drug-likeness (QED) is 0.0261. The van der Waals surface area contributed by atoms with Crippen LogP contribution in [0.1, 0.15) is 355 Å². The number of unbranched alkanes of at least 4 members (excludes halogenated alkanes) is 44. The number of ether oxygens (including phenoxy) is 3. The minimum absolute atomic E-state index is 0.0695. The van der Waals surface area contributed by atoms with Crippen LogP contribution in [0.2, 0.25) is 0 Å². The fourth-order valence-corrected chi connectivity index (χ4v) is 9.60. The molecule has 0 aliphatic carbocycles. The molecule has 0 saturated heterocycles. The van der Waals surface area contributed by atoms with Gasteiger partial charge in [-0.15, -0.1) is 0 Å². The van der Waals surface area contributed by atoms with Crippen LogP contribution in [0, 0.1) is 0 Å². The van der Waals surface area contributed by atoms with Crippen molar-refractivity contribution in [3.05, 3.63) is 24.3 Å². The van der Waals surface area contributed by atoms with Crippen LogP contribution in [0.5, 0.6) is 0 Å². The number of carbonyl (C=O) groups excluding carboxylic acids is 3. The Morgan fingerprint density at radius 3 is 0.746 bits per heavy atom. The Morgan fingerprint density at radius 1 is 0.268 bits per heavy atom. The Hall–Kier alpha value is -2.11. The zero-order valence-corrected chi connectivity index (χ0v) is 48.0. The van der Waals surface area contributed by atoms with Crippen molar-refractivity contribution in [1.82, 2.24) is 0 Å². The number of hydrogen-bond donors (Lipinski definition) is 0. The monoisotopic (exact) mass is 999 g/mol. The van der Waals surface area contributed by atoms with E-state index in [9.17, 15) is 14.4 Å². The molecule has 1 atom stereocenters. The number of hydrogen-bond acceptors (Lipinski definition) is 6. The second-order valence-corrected chi connectivity index (χ2v) is 21.7. The van der Waals surface area contributed by atoms with Crippen molar-refractivity contribution in [3.8, 4) is 0 Å². The van der Waals surface area contributed by atoms with Gasteiger partial charge in [-0.3, -0.25) is 14.4 Å². The van der Waals surface area contributed by atoms with Crippen LogP contribution < -0.4 is 0 Å². The van der Waals surface area contributed by atoms with Gasteiger partial charge < -0.3 is 14.2 Å². The molecule has 0 aromatic heterocycles. The molecule has 0 radical (unpaired) electrons. The summed E-state index contributed by atoms with van der Waals surface area (Å²) < 4.78 is 16.8. The third kappa shape index (κ3) is 58.7. The molecule has 418 valence electrons. The Balaban J connectivity index is 3.93. The average molecular weight is 1000 g/mol. The van der Waals surface area contributed by atoms with E-state index in [1.165, 1.54) is 250 Å². The number of rotatable bonds is 59. The van der Waals surface area contributed by atoms with E-state index >= 15 is 0 Å². The van der Waals surface area contributed by atoms with E-state index in [0.717, 1.165) is 64.2 Å². The van der Waals surface area contributed by atoms with Crippen molar-refractivity contribution < 1.29 is 28.6 Å². The Morgan fingerprint density at radius 2 is 0.479 bits per heavy atom. The minimum Gasteiger partial charge on any atom is -0.462 e. The highest BCUT2D eigenvalue weighted by Gasteiger charge is 2.19. The number of carbonyl (C=O) groups is 3. The fraction of sp³-hybridized carbons (Fsp3) is 0.892. The lowest BCUT2D eigenvalue weighted by atomic mass is 10.0. The third-order valence-corrected chi connectivity index (χ3v) is 14.4. The van der Waals surface area contributed by atoms with Crippen LogP contribution >= 0.6 is 0 Å². The summed E-state index contributed by atoms with van der Waals surface area (Å²) in [7, 11) is 0. The van der Waals surface area contributed by atoms with E-state index in [1.807, 2.05) is 0 Å². The second kappa shape index (κ2) is 60.4. The van der Waals surface area contributed by atoms with Gasteiger partial charge in [-0.2, -0.15) is 0 Å². The van der Waals surface area contributed by atoms with Gasteiger partial charge in [-0.25, -0.2) is 0 Å².